The van der Waals surface area contributed by atoms with Crippen LogP contribution in [0.5, 0.6) is 0 Å². The van der Waals surface area contributed by atoms with E-state index < -0.39 is 0 Å². The maximum atomic E-state index is 12.8. The Balaban J connectivity index is 2.03. The van der Waals surface area contributed by atoms with Crippen molar-refractivity contribution in [3.8, 4) is 0 Å². The fourth-order valence-electron chi connectivity index (χ4n) is 3.30. The first-order valence-electron chi connectivity index (χ1n) is 7.44. The summed E-state index contributed by atoms with van der Waals surface area (Å²) < 4.78 is 0.962. The summed E-state index contributed by atoms with van der Waals surface area (Å²) >= 11 is 3.51. The summed E-state index contributed by atoms with van der Waals surface area (Å²) in [4.78, 5) is 29.0. The topological polar surface area (TPSA) is 40.6 Å². The zero-order valence-corrected chi connectivity index (χ0v) is 13.9. The number of halogens is 1. The molecule has 0 bridgehead atoms. The van der Waals surface area contributed by atoms with Crippen LogP contribution in [-0.2, 0) is 9.59 Å². The number of nitrogens with zero attached hydrogens (tertiary/aromatic N) is 2. The molecule has 2 aliphatic rings. The Bertz CT molecular complexity index is 602. The molecule has 5 heteroatoms. The molecule has 0 radical (unpaired) electrons. The number of hydrogen-bond donors (Lipinski definition) is 0. The van der Waals surface area contributed by atoms with Gasteiger partial charge < -0.3 is 4.90 Å². The Kier molecular flexibility index (Phi) is 3.78. The summed E-state index contributed by atoms with van der Waals surface area (Å²) in [7, 11) is 0. The van der Waals surface area contributed by atoms with Gasteiger partial charge in [0.05, 0.1) is 0 Å². The molecular weight excluding hydrogens is 332 g/mol. The number of rotatable bonds is 2. The number of hydrogen-bond acceptors (Lipinski definition) is 2. The van der Waals surface area contributed by atoms with E-state index in [0.717, 1.165) is 35.1 Å². The van der Waals surface area contributed by atoms with Gasteiger partial charge in [0.25, 0.3) is 5.91 Å². The number of amides is 2. The highest BCUT2D eigenvalue weighted by Gasteiger charge is 2.47. The van der Waals surface area contributed by atoms with Crippen molar-refractivity contribution in [3.63, 3.8) is 0 Å². The van der Waals surface area contributed by atoms with Crippen LogP contribution >= 0.6 is 15.9 Å². The number of carbonyl (C=O) groups excluding carboxylic acids is 2. The van der Waals surface area contributed by atoms with Gasteiger partial charge in [0, 0.05) is 16.7 Å². The van der Waals surface area contributed by atoms with Gasteiger partial charge in [-0.25, -0.2) is 0 Å². The number of benzene rings is 1. The smallest absolute Gasteiger partial charge is 0.250 e. The predicted octanol–water partition coefficient (Wildman–Crippen LogP) is 2.87. The van der Waals surface area contributed by atoms with Crippen LogP contribution in [0.3, 0.4) is 0 Å². The zero-order valence-electron chi connectivity index (χ0n) is 12.3. The van der Waals surface area contributed by atoms with E-state index in [1.54, 1.807) is 9.80 Å². The van der Waals surface area contributed by atoms with Gasteiger partial charge >= 0.3 is 0 Å². The molecule has 1 aromatic rings. The molecule has 0 N–H and O–H groups in total. The minimum Gasteiger partial charge on any atom is -0.329 e. The average Bonchev–Trinajstić information content (AvgIpc) is 2.95. The van der Waals surface area contributed by atoms with Crippen LogP contribution in [0.4, 0.5) is 5.69 Å². The molecular formula is C16H19BrN2O2. The van der Waals surface area contributed by atoms with E-state index in [-0.39, 0.29) is 23.9 Å². The van der Waals surface area contributed by atoms with Gasteiger partial charge in [0.2, 0.25) is 5.91 Å². The molecule has 2 atom stereocenters. The number of fused-ring (bicyclic) bond motifs is 1. The number of anilines is 1. The van der Waals surface area contributed by atoms with Crippen LogP contribution in [0.2, 0.25) is 0 Å². The largest absolute Gasteiger partial charge is 0.329 e. The Morgan fingerprint density at radius 1 is 1.29 bits per heavy atom. The number of piperazine rings is 1. The van der Waals surface area contributed by atoms with Crippen molar-refractivity contribution >= 4 is 33.4 Å². The summed E-state index contributed by atoms with van der Waals surface area (Å²) in [6, 6.07) is 5.21. The molecule has 0 aromatic heterocycles. The lowest BCUT2D eigenvalue weighted by Crippen LogP contribution is -2.63. The average molecular weight is 351 g/mol. The van der Waals surface area contributed by atoms with Crippen LogP contribution in [0, 0.1) is 6.92 Å². The highest BCUT2D eigenvalue weighted by molar-refractivity contribution is 9.10. The number of aryl methyl sites for hydroxylation is 1. The molecule has 0 spiro atoms. The standard InChI is InChI=1S/C16H19BrN2O2/c1-3-13-15(20)18-8-4-5-14(18)16(21)19(13)11-7-6-10(2)12(17)9-11/h6-7,9,13-14H,3-5,8H2,1-2H3. The van der Waals surface area contributed by atoms with Crippen LogP contribution < -0.4 is 4.90 Å². The van der Waals surface area contributed by atoms with E-state index in [4.69, 9.17) is 0 Å². The molecule has 2 fully saturated rings. The molecule has 2 unspecified atom stereocenters. The van der Waals surface area contributed by atoms with E-state index >= 15 is 0 Å². The molecule has 112 valence electrons. The molecule has 4 nitrogen and oxygen atoms in total. The molecule has 2 saturated heterocycles. The van der Waals surface area contributed by atoms with E-state index in [1.807, 2.05) is 32.0 Å². The monoisotopic (exact) mass is 350 g/mol. The van der Waals surface area contributed by atoms with Crippen molar-refractivity contribution in [3.05, 3.63) is 28.2 Å². The lowest BCUT2D eigenvalue weighted by Gasteiger charge is -2.42. The summed E-state index contributed by atoms with van der Waals surface area (Å²) in [5, 5.41) is 0. The molecule has 21 heavy (non-hydrogen) atoms. The minimum absolute atomic E-state index is 0.0645. The molecule has 2 heterocycles. The van der Waals surface area contributed by atoms with Crippen molar-refractivity contribution in [2.24, 2.45) is 0 Å². The van der Waals surface area contributed by atoms with E-state index in [9.17, 15) is 9.59 Å². The van der Waals surface area contributed by atoms with Crippen LogP contribution in [0.1, 0.15) is 31.7 Å². The van der Waals surface area contributed by atoms with Crippen LogP contribution in [-0.4, -0.2) is 35.3 Å². The van der Waals surface area contributed by atoms with E-state index in [2.05, 4.69) is 15.9 Å². The van der Waals surface area contributed by atoms with Gasteiger partial charge in [0.1, 0.15) is 12.1 Å². The van der Waals surface area contributed by atoms with Crippen molar-refractivity contribution in [1.29, 1.82) is 0 Å². The van der Waals surface area contributed by atoms with Gasteiger partial charge in [-0.1, -0.05) is 28.9 Å². The third-order valence-electron chi connectivity index (χ3n) is 4.48. The van der Waals surface area contributed by atoms with Gasteiger partial charge in [-0.05, 0) is 43.9 Å². The maximum Gasteiger partial charge on any atom is 0.250 e. The molecule has 0 aliphatic carbocycles. The predicted molar refractivity (Wildman–Crippen MR) is 85.2 cm³/mol. The first-order valence-corrected chi connectivity index (χ1v) is 8.23. The van der Waals surface area contributed by atoms with E-state index in [0.29, 0.717) is 6.42 Å². The van der Waals surface area contributed by atoms with Gasteiger partial charge in [-0.3, -0.25) is 14.5 Å². The summed E-state index contributed by atoms with van der Waals surface area (Å²) in [5.41, 5.74) is 1.93. The van der Waals surface area contributed by atoms with Gasteiger partial charge in [0.15, 0.2) is 0 Å². The van der Waals surface area contributed by atoms with Crippen LogP contribution in [0.15, 0.2) is 22.7 Å². The lowest BCUT2D eigenvalue weighted by molar-refractivity contribution is -0.144. The second-order valence-corrected chi connectivity index (χ2v) is 6.61. The second kappa shape index (κ2) is 5.44. The molecule has 0 saturated carbocycles. The SMILES string of the molecule is CCC1C(=O)N2CCCC2C(=O)N1c1ccc(C)c(Br)c1. The highest BCUT2D eigenvalue weighted by atomic mass is 79.9. The Labute approximate surface area is 133 Å². The fraction of sp³-hybridized carbons (Fsp3) is 0.500. The third kappa shape index (κ3) is 2.27. The van der Waals surface area contributed by atoms with Gasteiger partial charge in [-0.15, -0.1) is 0 Å². The third-order valence-corrected chi connectivity index (χ3v) is 5.33. The molecule has 3 rings (SSSR count). The second-order valence-electron chi connectivity index (χ2n) is 5.76. The van der Waals surface area contributed by atoms with Crippen molar-refractivity contribution in [2.75, 3.05) is 11.4 Å². The van der Waals surface area contributed by atoms with Crippen LogP contribution in [0.25, 0.3) is 0 Å². The quantitative estimate of drug-likeness (QED) is 0.822. The van der Waals surface area contributed by atoms with Crippen molar-refractivity contribution in [2.45, 2.75) is 45.2 Å². The summed E-state index contributed by atoms with van der Waals surface area (Å²) in [6.45, 7) is 4.69. The van der Waals surface area contributed by atoms with Crippen molar-refractivity contribution in [1.82, 2.24) is 4.90 Å². The lowest BCUT2D eigenvalue weighted by atomic mass is 10.0. The molecule has 1 aromatic carbocycles. The normalized spacial score (nSPS) is 25.5. The molecule has 2 amide bonds. The van der Waals surface area contributed by atoms with Crippen molar-refractivity contribution < 1.29 is 9.59 Å². The Hall–Kier alpha value is -1.36. The summed E-state index contributed by atoms with van der Waals surface area (Å²) in [6.07, 6.45) is 2.34. The maximum absolute atomic E-state index is 12.8. The number of carbonyl (C=O) groups is 2. The van der Waals surface area contributed by atoms with Gasteiger partial charge in [-0.2, -0.15) is 0 Å². The minimum atomic E-state index is -0.374. The zero-order chi connectivity index (χ0) is 15.1. The first kappa shape index (κ1) is 14.6. The molecule has 2 aliphatic heterocycles. The fourth-order valence-corrected chi connectivity index (χ4v) is 3.67. The Morgan fingerprint density at radius 2 is 2.05 bits per heavy atom. The Morgan fingerprint density at radius 3 is 2.71 bits per heavy atom. The first-order chi connectivity index (χ1) is 10.0. The van der Waals surface area contributed by atoms with E-state index in [1.165, 1.54) is 0 Å². The summed E-state index contributed by atoms with van der Waals surface area (Å²) in [5.74, 6) is 0.158. The highest BCUT2D eigenvalue weighted by Crippen LogP contribution is 2.33.